The summed E-state index contributed by atoms with van der Waals surface area (Å²) in [4.78, 5) is 28.1. The normalized spacial score (nSPS) is 30.5. The number of amides is 1. The molecule has 0 aromatic heterocycles. The number of piperidine rings is 1. The highest BCUT2D eigenvalue weighted by molar-refractivity contribution is 5.98. The van der Waals surface area contributed by atoms with Crippen molar-refractivity contribution in [1.29, 1.82) is 0 Å². The van der Waals surface area contributed by atoms with Gasteiger partial charge in [0.05, 0.1) is 24.4 Å². The van der Waals surface area contributed by atoms with Crippen molar-refractivity contribution in [3.8, 4) is 11.5 Å². The molecule has 39 heavy (non-hydrogen) atoms. The first-order valence-electron chi connectivity index (χ1n) is 13.4. The van der Waals surface area contributed by atoms with E-state index in [1.54, 1.807) is 13.0 Å². The molecule has 0 spiro atoms. The van der Waals surface area contributed by atoms with Crippen molar-refractivity contribution in [1.82, 2.24) is 10.2 Å². The number of carbonyl (C=O) groups is 2. The first kappa shape index (κ1) is 27.7. The minimum Gasteiger partial charge on any atom is -0.512 e. The number of ether oxygens (including phenoxy) is 2. The number of hydrogen-bond donors (Lipinski definition) is 6. The third kappa shape index (κ3) is 4.01. The van der Waals surface area contributed by atoms with Crippen LogP contribution in [0.25, 0.3) is 0 Å². The van der Waals surface area contributed by atoms with Crippen molar-refractivity contribution in [2.75, 3.05) is 40.5 Å². The molecule has 1 amide bonds. The van der Waals surface area contributed by atoms with Gasteiger partial charge in [-0.1, -0.05) is 13.0 Å². The molecule has 1 aliphatic heterocycles. The van der Waals surface area contributed by atoms with E-state index in [-0.39, 0.29) is 42.5 Å². The Kier molecular flexibility index (Phi) is 6.85. The van der Waals surface area contributed by atoms with Crippen molar-refractivity contribution in [3.05, 3.63) is 34.6 Å². The van der Waals surface area contributed by atoms with Crippen LogP contribution < -0.4 is 5.32 Å². The van der Waals surface area contributed by atoms with Gasteiger partial charge in [0.25, 0.3) is 5.91 Å². The molecule has 3 aliphatic carbocycles. The molecule has 1 heterocycles. The Hall–Kier alpha value is -2.86. The lowest BCUT2D eigenvalue weighted by Gasteiger charge is -2.65. The lowest BCUT2D eigenvalue weighted by Crippen LogP contribution is -2.75. The van der Waals surface area contributed by atoms with Gasteiger partial charge < -0.3 is 40.3 Å². The van der Waals surface area contributed by atoms with Gasteiger partial charge in [0.1, 0.15) is 5.76 Å². The number of methoxy groups -OCH3 is 2. The van der Waals surface area contributed by atoms with E-state index < -0.39 is 40.4 Å². The summed E-state index contributed by atoms with van der Waals surface area (Å²) >= 11 is 0. The molecule has 2 bridgehead atoms. The van der Waals surface area contributed by atoms with Gasteiger partial charge in [0, 0.05) is 50.1 Å². The summed E-state index contributed by atoms with van der Waals surface area (Å²) in [5.74, 6) is -3.39. The summed E-state index contributed by atoms with van der Waals surface area (Å²) in [7, 11) is 2.62. The highest BCUT2D eigenvalue weighted by Gasteiger charge is 2.69. The van der Waals surface area contributed by atoms with E-state index in [2.05, 4.69) is 10.2 Å². The number of phenolic OH excluding ortho intramolecular Hbond substituents is 2. The molecule has 1 saturated heterocycles. The largest absolute Gasteiger partial charge is 0.512 e. The van der Waals surface area contributed by atoms with E-state index in [1.165, 1.54) is 20.3 Å². The molecule has 0 unspecified atom stereocenters. The zero-order chi connectivity index (χ0) is 28.3. The van der Waals surface area contributed by atoms with Gasteiger partial charge in [-0.15, -0.1) is 0 Å². The number of aromatic hydroxyl groups is 2. The van der Waals surface area contributed by atoms with Crippen LogP contribution in [0.5, 0.6) is 11.5 Å². The molecule has 11 nitrogen and oxygen atoms in total. The van der Waals surface area contributed by atoms with E-state index in [4.69, 9.17) is 9.47 Å². The maximum atomic E-state index is 13.7. The van der Waals surface area contributed by atoms with Gasteiger partial charge in [-0.3, -0.25) is 9.69 Å². The second kappa shape index (κ2) is 9.65. The molecule has 11 heteroatoms. The number of allylic oxidation sites excluding steroid dienone is 1. The Morgan fingerprint density at radius 2 is 1.82 bits per heavy atom. The number of likely N-dealkylation sites (tertiary alicyclic amines) is 1. The van der Waals surface area contributed by atoms with Gasteiger partial charge in [0.15, 0.2) is 17.0 Å². The number of rotatable bonds is 9. The quantitative estimate of drug-likeness (QED) is 0.247. The third-order valence-corrected chi connectivity index (χ3v) is 9.57. The number of carbonyl (C=O) groups excluding carboxylic acids is 1. The van der Waals surface area contributed by atoms with Crippen molar-refractivity contribution in [2.24, 2.45) is 11.8 Å². The lowest BCUT2D eigenvalue weighted by atomic mass is 9.46. The second-order valence-electron chi connectivity index (χ2n) is 11.7. The van der Waals surface area contributed by atoms with Crippen LogP contribution in [-0.2, 0) is 30.9 Å². The smallest absolute Gasteiger partial charge is 0.334 e. The average Bonchev–Trinajstić information content (AvgIpc) is 3.70. The summed E-state index contributed by atoms with van der Waals surface area (Å²) in [5.41, 5.74) is -3.59. The predicted molar refractivity (Wildman–Crippen MR) is 139 cm³/mol. The number of fused-ring (bicyclic) bond motifs is 1. The van der Waals surface area contributed by atoms with E-state index in [1.807, 2.05) is 0 Å². The first-order chi connectivity index (χ1) is 18.5. The summed E-state index contributed by atoms with van der Waals surface area (Å²) in [6, 6.07) is 2.78. The van der Waals surface area contributed by atoms with E-state index in [0.29, 0.717) is 30.9 Å². The van der Waals surface area contributed by atoms with Crippen molar-refractivity contribution in [3.63, 3.8) is 0 Å². The molecule has 214 valence electrons. The summed E-state index contributed by atoms with van der Waals surface area (Å²) in [6.45, 7) is 2.38. The van der Waals surface area contributed by atoms with Crippen LogP contribution in [0.4, 0.5) is 0 Å². The summed E-state index contributed by atoms with van der Waals surface area (Å²) < 4.78 is 10.2. The molecular formula is C28H38N2O9. The number of nitrogens with zero attached hydrogens (tertiary/aromatic N) is 1. The predicted octanol–water partition coefficient (Wildman–Crippen LogP) is 1.19. The summed E-state index contributed by atoms with van der Waals surface area (Å²) in [5, 5.41) is 58.2. The molecule has 0 radical (unpaired) electrons. The Labute approximate surface area is 227 Å². The maximum Gasteiger partial charge on any atom is 0.334 e. The van der Waals surface area contributed by atoms with Crippen LogP contribution in [0.1, 0.15) is 43.7 Å². The Balaban J connectivity index is 1.63. The molecule has 4 aliphatic rings. The number of hydrogen-bond acceptors (Lipinski definition) is 9. The van der Waals surface area contributed by atoms with Crippen LogP contribution in [0, 0.1) is 11.8 Å². The van der Waals surface area contributed by atoms with Crippen LogP contribution in [0.3, 0.4) is 0 Å². The molecule has 1 saturated carbocycles. The van der Waals surface area contributed by atoms with Gasteiger partial charge >= 0.3 is 5.97 Å². The van der Waals surface area contributed by atoms with Crippen molar-refractivity contribution in [2.45, 2.75) is 61.6 Å². The number of phenols is 2. The van der Waals surface area contributed by atoms with Crippen LogP contribution in [0.2, 0.25) is 0 Å². The number of aliphatic hydroxyl groups is 2. The fourth-order valence-corrected chi connectivity index (χ4v) is 7.49. The molecular weight excluding hydrogens is 508 g/mol. The monoisotopic (exact) mass is 546 g/mol. The van der Waals surface area contributed by atoms with Gasteiger partial charge in [0.2, 0.25) is 0 Å². The van der Waals surface area contributed by atoms with Gasteiger partial charge in [-0.05, 0) is 49.8 Å². The van der Waals surface area contributed by atoms with Gasteiger partial charge in [-0.2, -0.15) is 0 Å². The topological polar surface area (TPSA) is 169 Å². The Morgan fingerprint density at radius 3 is 2.41 bits per heavy atom. The highest BCUT2D eigenvalue weighted by Crippen LogP contribution is 2.63. The fourth-order valence-electron chi connectivity index (χ4n) is 7.49. The van der Waals surface area contributed by atoms with E-state index in [9.17, 15) is 35.1 Å². The van der Waals surface area contributed by atoms with Crippen LogP contribution >= 0.6 is 0 Å². The fraction of sp³-hybridized carbons (Fsp3) is 0.643. The summed E-state index contributed by atoms with van der Waals surface area (Å²) in [6.07, 6.45) is 2.77. The molecule has 1 aromatic carbocycles. The highest BCUT2D eigenvalue weighted by atomic mass is 16.5. The molecule has 6 N–H and O–H groups in total. The number of aliphatic carboxylic acids is 1. The third-order valence-electron chi connectivity index (χ3n) is 9.57. The Bertz CT molecular complexity index is 1210. The molecule has 1 aromatic rings. The van der Waals surface area contributed by atoms with Crippen molar-refractivity contribution >= 4 is 11.9 Å². The number of nitrogens with one attached hydrogen (secondary N) is 1. The minimum atomic E-state index is -1.91. The lowest BCUT2D eigenvalue weighted by molar-refractivity contribution is -0.172. The Morgan fingerprint density at radius 1 is 1.15 bits per heavy atom. The average molecular weight is 547 g/mol. The van der Waals surface area contributed by atoms with Crippen LogP contribution in [0.15, 0.2) is 23.5 Å². The molecule has 2 fully saturated rings. The zero-order valence-electron chi connectivity index (χ0n) is 22.6. The number of benzene rings is 1. The first-order valence-corrected chi connectivity index (χ1v) is 13.4. The maximum absolute atomic E-state index is 13.7. The van der Waals surface area contributed by atoms with E-state index >= 15 is 0 Å². The van der Waals surface area contributed by atoms with E-state index in [0.717, 1.165) is 24.9 Å². The minimum absolute atomic E-state index is 0.111. The zero-order valence-corrected chi connectivity index (χ0v) is 22.6. The molecule has 5 rings (SSSR count). The van der Waals surface area contributed by atoms with Crippen LogP contribution in [-0.4, -0.2) is 100 Å². The van der Waals surface area contributed by atoms with Crippen molar-refractivity contribution < 1.29 is 44.6 Å². The standard InChI is InChI=1S/C28H38N2O9/c1-15-22(32)18(24(34)29-26(13-38-2,14-39-3)25(35)36)11-28(37)20-10-17-6-7-19(31)23(33)21(17)27(15,28)8-9-30(20)12-16-4-5-16/h6-7,15-16,20,31-33,37H,4-5,8-14H2,1-3H3,(H,29,34)(H,35,36)/t15-,20+,27+,28+/m0/s1. The number of aliphatic hydroxyl groups excluding tert-OH is 1. The second-order valence-corrected chi connectivity index (χ2v) is 11.7. The number of carboxylic acid groups (broad SMARTS) is 1. The SMILES string of the molecule is COCC(COC)(NC(=O)C1=C(O)[C@H](C)[C@]23CCN(CC4CC4)[C@H](Cc4ccc(O)c(O)c42)[C@]3(O)C1)C(=O)O. The van der Waals surface area contributed by atoms with Gasteiger partial charge in [-0.25, -0.2) is 4.79 Å². The number of carboxylic acids is 1. The molecule has 4 atom stereocenters.